The van der Waals surface area contributed by atoms with Crippen LogP contribution < -0.4 is 4.74 Å². The van der Waals surface area contributed by atoms with E-state index in [0.717, 1.165) is 11.3 Å². The summed E-state index contributed by atoms with van der Waals surface area (Å²) in [6, 6.07) is 11.9. The summed E-state index contributed by atoms with van der Waals surface area (Å²) in [7, 11) is -2.10. The summed E-state index contributed by atoms with van der Waals surface area (Å²) >= 11 is 0. The number of ether oxygens (including phenoxy) is 1. The van der Waals surface area contributed by atoms with E-state index in [1.54, 1.807) is 0 Å². The predicted octanol–water partition coefficient (Wildman–Crippen LogP) is 4.02. The van der Waals surface area contributed by atoms with E-state index < -0.39 is 10.0 Å². The molecule has 0 aliphatic heterocycles. The fraction of sp³-hybridized carbons (Fsp3) is 0.381. The molecule has 2 aromatic carbocycles. The van der Waals surface area contributed by atoms with Crippen LogP contribution in [-0.2, 0) is 10.0 Å². The monoisotopic (exact) mass is 389 g/mol. The topological polar surface area (TPSA) is 63.7 Å². The molecule has 146 valence electrons. The van der Waals surface area contributed by atoms with E-state index >= 15 is 0 Å². The summed E-state index contributed by atoms with van der Waals surface area (Å²) in [6.45, 7) is 8.26. The van der Waals surface area contributed by atoms with Gasteiger partial charge in [0, 0.05) is 19.2 Å². The van der Waals surface area contributed by atoms with E-state index in [-0.39, 0.29) is 23.8 Å². The SMILES string of the molecule is CC(=O)c1ccc(S(=O)(=O)N(C)CCOc2ccc(C(C)C)c(C)c2)cc1. The van der Waals surface area contributed by atoms with Gasteiger partial charge in [-0.2, -0.15) is 4.31 Å². The Morgan fingerprint density at radius 1 is 1.11 bits per heavy atom. The van der Waals surface area contributed by atoms with Crippen LogP contribution in [-0.4, -0.2) is 38.7 Å². The van der Waals surface area contributed by atoms with Gasteiger partial charge in [-0.1, -0.05) is 32.0 Å². The molecule has 2 rings (SSSR count). The average molecular weight is 390 g/mol. The molecule has 2 aromatic rings. The van der Waals surface area contributed by atoms with Crippen LogP contribution >= 0.6 is 0 Å². The molecule has 0 N–H and O–H groups in total. The zero-order chi connectivity index (χ0) is 20.2. The Morgan fingerprint density at radius 3 is 2.26 bits per heavy atom. The van der Waals surface area contributed by atoms with Crippen molar-refractivity contribution in [3.63, 3.8) is 0 Å². The lowest BCUT2D eigenvalue weighted by atomic mass is 9.98. The lowest BCUT2D eigenvalue weighted by Crippen LogP contribution is -2.31. The van der Waals surface area contributed by atoms with Gasteiger partial charge in [-0.25, -0.2) is 8.42 Å². The molecular weight excluding hydrogens is 362 g/mol. The highest BCUT2D eigenvalue weighted by molar-refractivity contribution is 7.89. The first kappa shape index (κ1) is 21.1. The number of benzene rings is 2. The van der Waals surface area contributed by atoms with Crippen LogP contribution in [0.15, 0.2) is 47.4 Å². The number of aryl methyl sites for hydroxylation is 1. The lowest BCUT2D eigenvalue weighted by Gasteiger charge is -2.18. The second-order valence-electron chi connectivity index (χ2n) is 6.93. The first-order valence-electron chi connectivity index (χ1n) is 8.93. The molecule has 0 atom stereocenters. The minimum Gasteiger partial charge on any atom is -0.492 e. The number of likely N-dealkylation sites (N-methyl/N-ethyl adjacent to an activating group) is 1. The zero-order valence-corrected chi connectivity index (χ0v) is 17.3. The molecule has 0 unspecified atom stereocenters. The maximum atomic E-state index is 12.6. The second kappa shape index (κ2) is 8.67. The van der Waals surface area contributed by atoms with E-state index in [0.29, 0.717) is 11.5 Å². The minimum absolute atomic E-state index is 0.0977. The number of carbonyl (C=O) groups excluding carboxylic acids is 1. The highest BCUT2D eigenvalue weighted by atomic mass is 32.2. The normalized spacial score (nSPS) is 11.8. The van der Waals surface area contributed by atoms with Crippen LogP contribution in [0, 0.1) is 6.92 Å². The summed E-state index contributed by atoms with van der Waals surface area (Å²) < 4.78 is 32.2. The molecule has 0 saturated heterocycles. The summed E-state index contributed by atoms with van der Waals surface area (Å²) in [5, 5.41) is 0. The number of Topliss-reactive ketones (excluding diaryl/α,β-unsaturated/α-hetero) is 1. The molecule has 0 aliphatic carbocycles. The number of rotatable bonds is 8. The van der Waals surface area contributed by atoms with Gasteiger partial charge in [0.25, 0.3) is 0 Å². The van der Waals surface area contributed by atoms with Gasteiger partial charge >= 0.3 is 0 Å². The van der Waals surface area contributed by atoms with E-state index in [2.05, 4.69) is 13.8 Å². The first-order chi connectivity index (χ1) is 12.6. The fourth-order valence-electron chi connectivity index (χ4n) is 2.84. The first-order valence-corrected chi connectivity index (χ1v) is 10.4. The Balaban J connectivity index is 1.99. The van der Waals surface area contributed by atoms with Gasteiger partial charge in [0.15, 0.2) is 5.78 Å². The van der Waals surface area contributed by atoms with Crippen LogP contribution in [0.3, 0.4) is 0 Å². The van der Waals surface area contributed by atoms with Crippen LogP contribution in [0.5, 0.6) is 5.75 Å². The van der Waals surface area contributed by atoms with Crippen molar-refractivity contribution >= 4 is 15.8 Å². The molecule has 0 heterocycles. The van der Waals surface area contributed by atoms with Gasteiger partial charge in [0.2, 0.25) is 10.0 Å². The molecule has 0 bridgehead atoms. The van der Waals surface area contributed by atoms with Gasteiger partial charge in [-0.3, -0.25) is 4.79 Å². The molecule has 5 nitrogen and oxygen atoms in total. The number of hydrogen-bond acceptors (Lipinski definition) is 4. The van der Waals surface area contributed by atoms with Gasteiger partial charge < -0.3 is 4.74 Å². The summed E-state index contributed by atoms with van der Waals surface area (Å²) in [5.74, 6) is 1.08. The Hall–Kier alpha value is -2.18. The molecule has 0 aliphatic rings. The highest BCUT2D eigenvalue weighted by Gasteiger charge is 2.20. The number of sulfonamides is 1. The molecule has 0 fully saturated rings. The average Bonchev–Trinajstić information content (AvgIpc) is 2.61. The molecule has 0 radical (unpaired) electrons. The van der Waals surface area contributed by atoms with E-state index in [9.17, 15) is 13.2 Å². The number of nitrogens with zero attached hydrogens (tertiary/aromatic N) is 1. The smallest absolute Gasteiger partial charge is 0.242 e. The van der Waals surface area contributed by atoms with Crippen LogP contribution in [0.4, 0.5) is 0 Å². The van der Waals surface area contributed by atoms with Gasteiger partial charge in [-0.05, 0) is 55.2 Å². The van der Waals surface area contributed by atoms with E-state index in [1.807, 2.05) is 25.1 Å². The molecule has 0 saturated carbocycles. The molecule has 0 spiro atoms. The second-order valence-corrected chi connectivity index (χ2v) is 8.97. The van der Waals surface area contributed by atoms with Gasteiger partial charge in [0.05, 0.1) is 4.90 Å². The Bertz CT molecular complexity index is 902. The van der Waals surface area contributed by atoms with Crippen LogP contribution in [0.2, 0.25) is 0 Å². The highest BCUT2D eigenvalue weighted by Crippen LogP contribution is 2.23. The largest absolute Gasteiger partial charge is 0.492 e. The third-order valence-corrected chi connectivity index (χ3v) is 6.38. The summed E-state index contributed by atoms with van der Waals surface area (Å²) in [4.78, 5) is 11.5. The van der Waals surface area contributed by atoms with Crippen molar-refractivity contribution in [2.75, 3.05) is 20.2 Å². The Kier molecular flexibility index (Phi) is 6.78. The lowest BCUT2D eigenvalue weighted by molar-refractivity contribution is 0.101. The quantitative estimate of drug-likeness (QED) is 0.640. The van der Waals surface area contributed by atoms with Crippen molar-refractivity contribution in [1.82, 2.24) is 4.31 Å². The molecular formula is C21H27NO4S. The van der Waals surface area contributed by atoms with Gasteiger partial charge in [0.1, 0.15) is 12.4 Å². The molecule has 0 aromatic heterocycles. The van der Waals surface area contributed by atoms with Crippen molar-refractivity contribution in [3.8, 4) is 5.75 Å². The van der Waals surface area contributed by atoms with Crippen molar-refractivity contribution in [2.24, 2.45) is 0 Å². The van der Waals surface area contributed by atoms with Crippen molar-refractivity contribution in [3.05, 3.63) is 59.2 Å². The maximum absolute atomic E-state index is 12.6. The molecule has 6 heteroatoms. The van der Waals surface area contributed by atoms with Crippen molar-refractivity contribution < 1.29 is 17.9 Å². The Morgan fingerprint density at radius 2 is 1.74 bits per heavy atom. The zero-order valence-electron chi connectivity index (χ0n) is 16.5. The van der Waals surface area contributed by atoms with Crippen molar-refractivity contribution in [1.29, 1.82) is 0 Å². The maximum Gasteiger partial charge on any atom is 0.242 e. The van der Waals surface area contributed by atoms with E-state index in [4.69, 9.17) is 4.74 Å². The van der Waals surface area contributed by atoms with Gasteiger partial charge in [-0.15, -0.1) is 0 Å². The number of carbonyl (C=O) groups is 1. The summed E-state index contributed by atoms with van der Waals surface area (Å²) in [6.07, 6.45) is 0. The third-order valence-electron chi connectivity index (χ3n) is 4.51. The number of ketones is 1. The predicted molar refractivity (Wildman–Crippen MR) is 107 cm³/mol. The van der Waals surface area contributed by atoms with E-state index in [1.165, 1.54) is 48.1 Å². The van der Waals surface area contributed by atoms with Crippen molar-refractivity contribution in [2.45, 2.75) is 38.5 Å². The molecule has 27 heavy (non-hydrogen) atoms. The standard InChI is InChI=1S/C21H27NO4S/c1-15(2)21-11-8-19(14-16(21)3)26-13-12-22(5)27(24,25)20-9-6-18(7-10-20)17(4)23/h6-11,14-15H,12-13H2,1-5H3. The Labute approximate surface area is 162 Å². The van der Waals surface area contributed by atoms with Crippen LogP contribution in [0.25, 0.3) is 0 Å². The third kappa shape index (κ3) is 5.17. The number of hydrogen-bond donors (Lipinski definition) is 0. The molecule has 0 amide bonds. The van der Waals surface area contributed by atoms with Crippen LogP contribution in [0.1, 0.15) is 48.2 Å². The minimum atomic E-state index is -3.62. The fourth-order valence-corrected chi connectivity index (χ4v) is 3.99. The summed E-state index contributed by atoms with van der Waals surface area (Å²) in [5.41, 5.74) is 2.92.